The molecule has 0 saturated carbocycles. The van der Waals surface area contributed by atoms with Crippen molar-refractivity contribution in [2.45, 2.75) is 11.7 Å². The van der Waals surface area contributed by atoms with E-state index < -0.39 is 44.6 Å². The van der Waals surface area contributed by atoms with Crippen LogP contribution in [0.5, 0.6) is 0 Å². The number of hydrogen-bond acceptors (Lipinski definition) is 6. The maximum absolute atomic E-state index is 13.4. The summed E-state index contributed by atoms with van der Waals surface area (Å²) in [5.41, 5.74) is -8.99. The van der Waals surface area contributed by atoms with Crippen LogP contribution >= 0.6 is 0 Å². The first-order valence-corrected chi connectivity index (χ1v) is 10.5. The first-order chi connectivity index (χ1) is 15.7. The molecule has 0 atom stereocenters. The molecule has 0 fully saturated rings. The largest absolute Gasteiger partial charge is 0.536 e. The van der Waals surface area contributed by atoms with E-state index in [1.54, 1.807) is 18.2 Å². The molecule has 3 aromatic rings. The maximum atomic E-state index is 13.4. The Labute approximate surface area is 187 Å². The van der Waals surface area contributed by atoms with Crippen LogP contribution in [0.1, 0.15) is 26.3 Å². The van der Waals surface area contributed by atoms with E-state index in [1.165, 1.54) is 36.4 Å². The molecule has 0 radical (unpaired) electrons. The van der Waals surface area contributed by atoms with E-state index >= 15 is 0 Å². The van der Waals surface area contributed by atoms with Crippen molar-refractivity contribution in [3.05, 3.63) is 83.4 Å². The monoisotopic (exact) mass is 503 g/mol. The second-order valence-electron chi connectivity index (χ2n) is 6.64. The van der Waals surface area contributed by atoms with Gasteiger partial charge in [0.1, 0.15) is 0 Å². The van der Waals surface area contributed by atoms with E-state index in [4.69, 9.17) is 0 Å². The van der Waals surface area contributed by atoms with E-state index in [2.05, 4.69) is 4.28 Å². The van der Waals surface area contributed by atoms with E-state index in [0.717, 1.165) is 12.1 Å². The van der Waals surface area contributed by atoms with Crippen LogP contribution in [0.3, 0.4) is 0 Å². The number of Topliss-reactive ketones (excluding diaryl/α,β-unsaturated/α-hetero) is 1. The molecular weight excluding hydrogens is 492 g/mol. The zero-order chi connectivity index (χ0) is 25.3. The van der Waals surface area contributed by atoms with Gasteiger partial charge in [0.25, 0.3) is 0 Å². The van der Waals surface area contributed by atoms with Gasteiger partial charge in [-0.1, -0.05) is 59.8 Å². The van der Waals surface area contributed by atoms with Gasteiger partial charge in [-0.2, -0.15) is 34.8 Å². The molecule has 0 amide bonds. The predicted octanol–water partition coefficient (Wildman–Crippen LogP) is 5.04. The molecular formula is C21H11F6NO5S. The molecule has 6 nitrogen and oxygen atoms in total. The van der Waals surface area contributed by atoms with Crippen molar-refractivity contribution in [1.82, 2.24) is 0 Å². The van der Waals surface area contributed by atoms with Gasteiger partial charge in [-0.05, 0) is 22.9 Å². The lowest BCUT2D eigenvalue weighted by atomic mass is 9.92. The molecule has 0 heterocycles. The fourth-order valence-electron chi connectivity index (χ4n) is 2.92. The zero-order valence-corrected chi connectivity index (χ0v) is 17.3. The van der Waals surface area contributed by atoms with Crippen LogP contribution < -0.4 is 0 Å². The molecule has 0 N–H and O–H groups in total. The van der Waals surface area contributed by atoms with Gasteiger partial charge in [0.2, 0.25) is 11.5 Å². The van der Waals surface area contributed by atoms with Crippen molar-refractivity contribution in [2.75, 3.05) is 0 Å². The molecule has 0 aliphatic heterocycles. The summed E-state index contributed by atoms with van der Waals surface area (Å²) in [7, 11) is -6.54. The lowest BCUT2D eigenvalue weighted by molar-refractivity contribution is -0.0635. The summed E-state index contributed by atoms with van der Waals surface area (Å²) >= 11 is 0. The van der Waals surface area contributed by atoms with Gasteiger partial charge >= 0.3 is 21.8 Å². The zero-order valence-electron chi connectivity index (χ0n) is 16.5. The topological polar surface area (TPSA) is 89.9 Å². The third kappa shape index (κ3) is 4.93. The second-order valence-corrected chi connectivity index (χ2v) is 8.16. The smallest absolute Gasteiger partial charge is 0.289 e. The average molecular weight is 503 g/mol. The summed E-state index contributed by atoms with van der Waals surface area (Å²) in [5.74, 6) is -2.46. The number of hydrogen-bond donors (Lipinski definition) is 0. The molecule has 34 heavy (non-hydrogen) atoms. The van der Waals surface area contributed by atoms with Crippen molar-refractivity contribution in [2.24, 2.45) is 5.16 Å². The minimum atomic E-state index is -6.54. The number of oxime groups is 1. The molecule has 0 unspecified atom stereocenters. The highest BCUT2D eigenvalue weighted by Crippen LogP contribution is 2.30. The number of halogens is 6. The summed E-state index contributed by atoms with van der Waals surface area (Å²) in [6.45, 7) is 0. The average Bonchev–Trinajstić information content (AvgIpc) is 2.76. The number of carbonyl (C=O) groups excluding carboxylic acids is 2. The highest BCUT2D eigenvalue weighted by atomic mass is 32.2. The SMILES string of the molecule is O=C(/C(=N/OS(=O)(=O)C(F)(F)F)C(F)(F)F)c1ccc(C(=O)c2ccccc2)c2ccccc12. The van der Waals surface area contributed by atoms with Gasteiger partial charge in [-0.3, -0.25) is 13.9 Å². The minimum Gasteiger partial charge on any atom is -0.289 e. The normalized spacial score (nSPS) is 13.1. The third-order valence-corrected chi connectivity index (χ3v) is 5.28. The number of nitrogens with zero attached hydrogens (tertiary/aromatic N) is 1. The molecule has 3 rings (SSSR count). The Morgan fingerprint density at radius 1 is 0.735 bits per heavy atom. The number of carbonyl (C=O) groups is 2. The van der Waals surface area contributed by atoms with Gasteiger partial charge in [-0.25, -0.2) is 0 Å². The first kappa shape index (κ1) is 24.9. The molecule has 0 aliphatic rings. The van der Waals surface area contributed by atoms with Crippen molar-refractivity contribution in [3.8, 4) is 0 Å². The van der Waals surface area contributed by atoms with E-state index in [1.807, 2.05) is 5.16 Å². The lowest BCUT2D eigenvalue weighted by Gasteiger charge is -2.13. The van der Waals surface area contributed by atoms with Gasteiger partial charge in [0.15, 0.2) is 5.78 Å². The summed E-state index contributed by atoms with van der Waals surface area (Å²) < 4.78 is 102. The van der Waals surface area contributed by atoms with Crippen LogP contribution in [0.25, 0.3) is 10.8 Å². The van der Waals surface area contributed by atoms with Gasteiger partial charge in [0.05, 0.1) is 0 Å². The standard InChI is InChI=1S/C21H11F6NO5S/c22-20(23,24)19(28-33-34(31,32)21(25,26)27)18(30)16-11-10-15(13-8-4-5-9-14(13)16)17(29)12-6-2-1-3-7-12/h1-11H/b28-19-. The summed E-state index contributed by atoms with van der Waals surface area (Å²) in [6, 6.07) is 15.2. The quantitative estimate of drug-likeness (QED) is 0.155. The van der Waals surface area contributed by atoms with Crippen molar-refractivity contribution in [3.63, 3.8) is 0 Å². The molecule has 0 spiro atoms. The highest BCUT2D eigenvalue weighted by Gasteiger charge is 2.50. The Morgan fingerprint density at radius 2 is 1.24 bits per heavy atom. The van der Waals surface area contributed by atoms with Crippen LogP contribution in [0, 0.1) is 0 Å². The van der Waals surface area contributed by atoms with Gasteiger partial charge < -0.3 is 0 Å². The molecule has 0 aliphatic carbocycles. The second kappa shape index (κ2) is 8.89. The van der Waals surface area contributed by atoms with E-state index in [0.29, 0.717) is 0 Å². The van der Waals surface area contributed by atoms with Crippen LogP contribution in [0.2, 0.25) is 0 Å². The lowest BCUT2D eigenvalue weighted by Crippen LogP contribution is -2.33. The fourth-order valence-corrected chi connectivity index (χ4v) is 3.18. The van der Waals surface area contributed by atoms with Crippen LogP contribution in [0.15, 0.2) is 71.9 Å². The summed E-state index contributed by atoms with van der Waals surface area (Å²) in [5, 5.41) is 1.92. The van der Waals surface area contributed by atoms with Crippen molar-refractivity contribution >= 4 is 38.2 Å². The van der Waals surface area contributed by atoms with Crippen LogP contribution in [0.4, 0.5) is 26.3 Å². The molecule has 3 aromatic carbocycles. The van der Waals surface area contributed by atoms with E-state index in [9.17, 15) is 44.3 Å². The number of fused-ring (bicyclic) bond motifs is 1. The van der Waals surface area contributed by atoms with Crippen molar-refractivity contribution in [1.29, 1.82) is 0 Å². The molecule has 13 heteroatoms. The number of alkyl halides is 6. The number of ketones is 2. The Bertz CT molecular complexity index is 1400. The van der Waals surface area contributed by atoms with Gasteiger partial charge in [0, 0.05) is 16.7 Å². The fraction of sp³-hybridized carbons (Fsp3) is 0.0952. The Balaban J connectivity index is 2.13. The van der Waals surface area contributed by atoms with Gasteiger partial charge in [-0.15, -0.1) is 0 Å². The van der Waals surface area contributed by atoms with Crippen molar-refractivity contribution < 1.29 is 48.6 Å². The summed E-state index contributed by atoms with van der Waals surface area (Å²) in [4.78, 5) is 25.5. The maximum Gasteiger partial charge on any atom is 0.536 e. The Kier molecular flexibility index (Phi) is 6.51. The molecule has 0 bridgehead atoms. The molecule has 0 aromatic heterocycles. The number of benzene rings is 3. The van der Waals surface area contributed by atoms with Crippen LogP contribution in [-0.4, -0.2) is 37.4 Å². The Morgan fingerprint density at radius 3 is 1.76 bits per heavy atom. The predicted molar refractivity (Wildman–Crippen MR) is 108 cm³/mol. The highest BCUT2D eigenvalue weighted by molar-refractivity contribution is 7.87. The first-order valence-electron chi connectivity index (χ1n) is 9.05. The van der Waals surface area contributed by atoms with E-state index in [-0.39, 0.29) is 21.9 Å². The minimum absolute atomic E-state index is 0.0414. The Hall–Kier alpha value is -3.74. The molecule has 178 valence electrons. The number of rotatable bonds is 6. The third-order valence-electron chi connectivity index (χ3n) is 4.44. The van der Waals surface area contributed by atoms with Crippen LogP contribution in [-0.2, 0) is 14.4 Å². The molecule has 0 saturated heterocycles. The summed E-state index contributed by atoms with van der Waals surface area (Å²) in [6.07, 6.45) is -5.67.